The second-order valence-corrected chi connectivity index (χ2v) is 7.05. The van der Waals surface area contributed by atoms with E-state index in [9.17, 15) is 14.4 Å². The van der Waals surface area contributed by atoms with E-state index in [-0.39, 0.29) is 37.0 Å². The van der Waals surface area contributed by atoms with Gasteiger partial charge in [0.1, 0.15) is 0 Å². The average molecular weight is 409 g/mol. The van der Waals surface area contributed by atoms with Crippen LogP contribution in [0.2, 0.25) is 0 Å². The van der Waals surface area contributed by atoms with Crippen LogP contribution < -0.4 is 10.6 Å². The Hall–Kier alpha value is -1.99. The van der Waals surface area contributed by atoms with Crippen molar-refractivity contribution in [2.75, 3.05) is 11.9 Å². The second kappa shape index (κ2) is 8.75. The van der Waals surface area contributed by atoms with Gasteiger partial charge < -0.3 is 10.6 Å². The smallest absolute Gasteiger partial charge is 0.243 e. The molecule has 0 unspecified atom stereocenters. The molecule has 2 N–H and O–H groups in total. The third kappa shape index (κ3) is 5.58. The number of halogens is 1. The monoisotopic (exact) mass is 408 g/mol. The Morgan fingerprint density at radius 1 is 1.12 bits per heavy atom. The zero-order valence-electron chi connectivity index (χ0n) is 13.1. The number of ketones is 1. The fraction of sp³-hybridized carbons (Fsp3) is 0.235. The molecule has 0 fully saturated rings. The molecule has 1 heterocycles. The highest BCUT2D eigenvalue weighted by molar-refractivity contribution is 9.10. The van der Waals surface area contributed by atoms with Crippen LogP contribution in [0.1, 0.15) is 28.1 Å². The first-order valence-corrected chi connectivity index (χ1v) is 9.02. The number of carbonyl (C=O) groups excluding carboxylic acids is 3. The van der Waals surface area contributed by atoms with E-state index in [1.807, 2.05) is 24.4 Å². The topological polar surface area (TPSA) is 75.3 Å². The molecule has 1 aromatic heterocycles. The Morgan fingerprint density at radius 3 is 2.58 bits per heavy atom. The van der Waals surface area contributed by atoms with Gasteiger partial charge in [0, 0.05) is 23.0 Å². The number of nitrogens with one attached hydrogen (secondary N) is 2. The van der Waals surface area contributed by atoms with Crippen molar-refractivity contribution in [3.05, 3.63) is 50.6 Å². The molecule has 0 atom stereocenters. The maximum atomic E-state index is 11.9. The van der Waals surface area contributed by atoms with Crippen LogP contribution in [-0.4, -0.2) is 24.1 Å². The molecule has 0 aliphatic carbocycles. The number of hydrogen-bond acceptors (Lipinski definition) is 4. The van der Waals surface area contributed by atoms with Gasteiger partial charge in [0.25, 0.3) is 0 Å². The Bertz CT molecular complexity index is 744. The molecular formula is C17H17BrN2O3S. The number of hydrogen-bond donors (Lipinski definition) is 2. The predicted octanol–water partition coefficient (Wildman–Crippen LogP) is 3.54. The maximum absolute atomic E-state index is 11.9. The predicted molar refractivity (Wildman–Crippen MR) is 98.4 cm³/mol. The summed E-state index contributed by atoms with van der Waals surface area (Å²) >= 11 is 4.71. The first-order chi connectivity index (χ1) is 11.5. The molecule has 0 saturated carbocycles. The summed E-state index contributed by atoms with van der Waals surface area (Å²) in [5.74, 6) is -0.684. The van der Waals surface area contributed by atoms with Crippen molar-refractivity contribution in [1.29, 1.82) is 0 Å². The number of amides is 2. The molecule has 0 aliphatic heterocycles. The summed E-state index contributed by atoms with van der Waals surface area (Å²) in [6.45, 7) is 1.76. The Kier molecular flexibility index (Phi) is 6.69. The highest BCUT2D eigenvalue weighted by Crippen LogP contribution is 2.19. The Labute approximate surface area is 152 Å². The van der Waals surface area contributed by atoms with Gasteiger partial charge in [-0.15, -0.1) is 11.3 Å². The summed E-state index contributed by atoms with van der Waals surface area (Å²) in [6, 6.07) is 9.05. The van der Waals surface area contributed by atoms with Gasteiger partial charge in [-0.2, -0.15) is 0 Å². The average Bonchev–Trinajstić information content (AvgIpc) is 3.08. The summed E-state index contributed by atoms with van der Waals surface area (Å²) in [5, 5.41) is 7.09. The molecular weight excluding hydrogens is 392 g/mol. The highest BCUT2D eigenvalue weighted by atomic mass is 79.9. The fourth-order valence-electron chi connectivity index (χ4n) is 2.02. The quantitative estimate of drug-likeness (QED) is 0.687. The largest absolute Gasteiger partial charge is 0.347 e. The lowest BCUT2D eigenvalue weighted by Crippen LogP contribution is -2.33. The number of Topliss-reactive ketones (excluding diaryl/α,β-unsaturated/α-hetero) is 1. The molecule has 126 valence electrons. The Balaban J connectivity index is 1.73. The minimum absolute atomic E-state index is 0.0601. The van der Waals surface area contributed by atoms with Crippen molar-refractivity contribution in [1.82, 2.24) is 5.32 Å². The van der Waals surface area contributed by atoms with Crippen molar-refractivity contribution in [3.63, 3.8) is 0 Å². The van der Waals surface area contributed by atoms with E-state index >= 15 is 0 Å². The molecule has 0 radical (unpaired) electrons. The van der Waals surface area contributed by atoms with Crippen molar-refractivity contribution < 1.29 is 14.4 Å². The first-order valence-electron chi connectivity index (χ1n) is 7.35. The zero-order valence-corrected chi connectivity index (χ0v) is 15.5. The third-order valence-corrected chi connectivity index (χ3v) is 4.69. The second-order valence-electron chi connectivity index (χ2n) is 5.18. The maximum Gasteiger partial charge on any atom is 0.243 e. The number of benzene rings is 1. The van der Waals surface area contributed by atoms with Gasteiger partial charge in [0.05, 0.1) is 11.4 Å². The van der Waals surface area contributed by atoms with Gasteiger partial charge in [-0.05, 0) is 42.1 Å². The van der Waals surface area contributed by atoms with Crippen LogP contribution in [0.3, 0.4) is 0 Å². The van der Waals surface area contributed by atoms with Crippen LogP contribution in [-0.2, 0) is 9.59 Å². The Morgan fingerprint density at radius 2 is 1.92 bits per heavy atom. The SMILES string of the molecule is Cc1cc(Br)ccc1NC(=O)CNC(=O)CCC(=O)c1cccs1. The lowest BCUT2D eigenvalue weighted by atomic mass is 10.2. The number of anilines is 1. The summed E-state index contributed by atoms with van der Waals surface area (Å²) < 4.78 is 0.932. The highest BCUT2D eigenvalue weighted by Gasteiger charge is 2.11. The standard InChI is InChI=1S/C17H17BrN2O3S/c1-11-9-12(18)4-5-13(11)20-17(23)10-19-16(22)7-6-14(21)15-3-2-8-24-15/h2-5,8-9H,6-7,10H2,1H3,(H,19,22)(H,20,23). The van der Waals surface area contributed by atoms with E-state index in [1.54, 1.807) is 18.2 Å². The summed E-state index contributed by atoms with van der Waals surface area (Å²) in [6.07, 6.45) is 0.209. The van der Waals surface area contributed by atoms with Crippen LogP contribution >= 0.6 is 27.3 Å². The molecule has 24 heavy (non-hydrogen) atoms. The normalized spacial score (nSPS) is 10.2. The number of carbonyl (C=O) groups is 3. The van der Waals surface area contributed by atoms with E-state index in [4.69, 9.17) is 0 Å². The van der Waals surface area contributed by atoms with E-state index < -0.39 is 0 Å². The number of aryl methyl sites for hydroxylation is 1. The molecule has 0 spiro atoms. The number of thiophene rings is 1. The minimum Gasteiger partial charge on any atom is -0.347 e. The van der Waals surface area contributed by atoms with Gasteiger partial charge in [0.15, 0.2) is 5.78 Å². The van der Waals surface area contributed by atoms with Gasteiger partial charge >= 0.3 is 0 Å². The van der Waals surface area contributed by atoms with Crippen LogP contribution in [0.4, 0.5) is 5.69 Å². The van der Waals surface area contributed by atoms with Crippen LogP contribution in [0.25, 0.3) is 0 Å². The molecule has 5 nitrogen and oxygen atoms in total. The van der Waals surface area contributed by atoms with E-state index in [0.717, 1.165) is 10.0 Å². The van der Waals surface area contributed by atoms with Crippen molar-refractivity contribution in [2.45, 2.75) is 19.8 Å². The van der Waals surface area contributed by atoms with E-state index in [2.05, 4.69) is 26.6 Å². The van der Waals surface area contributed by atoms with Crippen molar-refractivity contribution in [2.24, 2.45) is 0 Å². The molecule has 7 heteroatoms. The molecule has 0 aliphatic rings. The molecule has 2 rings (SSSR count). The van der Waals surface area contributed by atoms with Crippen LogP contribution in [0.15, 0.2) is 40.2 Å². The van der Waals surface area contributed by atoms with Crippen LogP contribution in [0.5, 0.6) is 0 Å². The summed E-state index contributed by atoms with van der Waals surface area (Å²) in [5.41, 5.74) is 1.62. The first kappa shape index (κ1) is 18.4. The number of rotatable bonds is 7. The summed E-state index contributed by atoms with van der Waals surface area (Å²) in [7, 11) is 0. The van der Waals surface area contributed by atoms with E-state index in [0.29, 0.717) is 10.6 Å². The van der Waals surface area contributed by atoms with Crippen molar-refractivity contribution >= 4 is 50.6 Å². The zero-order chi connectivity index (χ0) is 17.5. The fourth-order valence-corrected chi connectivity index (χ4v) is 3.19. The molecule has 2 aromatic rings. The lowest BCUT2D eigenvalue weighted by Gasteiger charge is -2.09. The van der Waals surface area contributed by atoms with Gasteiger partial charge in [-0.3, -0.25) is 14.4 Å². The van der Waals surface area contributed by atoms with Gasteiger partial charge in [0.2, 0.25) is 11.8 Å². The van der Waals surface area contributed by atoms with Crippen LogP contribution in [0, 0.1) is 6.92 Å². The third-order valence-electron chi connectivity index (χ3n) is 3.28. The lowest BCUT2D eigenvalue weighted by molar-refractivity contribution is -0.124. The molecule has 0 bridgehead atoms. The molecule has 1 aromatic carbocycles. The van der Waals surface area contributed by atoms with E-state index in [1.165, 1.54) is 11.3 Å². The minimum atomic E-state index is -0.317. The summed E-state index contributed by atoms with van der Waals surface area (Å²) in [4.78, 5) is 36.1. The molecule has 0 saturated heterocycles. The van der Waals surface area contributed by atoms with Crippen molar-refractivity contribution in [3.8, 4) is 0 Å². The van der Waals surface area contributed by atoms with Gasteiger partial charge in [-0.1, -0.05) is 22.0 Å². The molecule has 2 amide bonds. The van der Waals surface area contributed by atoms with Gasteiger partial charge in [-0.25, -0.2) is 0 Å².